The van der Waals surface area contributed by atoms with Crippen molar-refractivity contribution < 1.29 is 14.4 Å². The van der Waals surface area contributed by atoms with Crippen LogP contribution in [-0.2, 0) is 14.4 Å². The summed E-state index contributed by atoms with van der Waals surface area (Å²) in [5.41, 5.74) is 5.87. The number of hydrogen-bond donors (Lipinski definition) is 2. The van der Waals surface area contributed by atoms with E-state index in [-0.39, 0.29) is 11.6 Å². The number of benzene rings is 3. The monoisotopic (exact) mass is 439 g/mol. The molecule has 6 heteroatoms. The highest BCUT2D eigenvalue weighted by molar-refractivity contribution is 6.46. The van der Waals surface area contributed by atoms with Crippen LogP contribution in [0.25, 0.3) is 5.57 Å². The first kappa shape index (κ1) is 22.0. The van der Waals surface area contributed by atoms with Gasteiger partial charge in [0.25, 0.3) is 11.8 Å². The van der Waals surface area contributed by atoms with E-state index in [1.165, 1.54) is 11.8 Å². The van der Waals surface area contributed by atoms with Crippen molar-refractivity contribution in [2.45, 2.75) is 27.7 Å². The summed E-state index contributed by atoms with van der Waals surface area (Å²) < 4.78 is 0. The quantitative estimate of drug-likeness (QED) is 0.551. The third-order valence-corrected chi connectivity index (χ3v) is 5.59. The molecule has 0 atom stereocenters. The third-order valence-electron chi connectivity index (χ3n) is 5.59. The van der Waals surface area contributed by atoms with Crippen molar-refractivity contribution in [1.29, 1.82) is 0 Å². The lowest BCUT2D eigenvalue weighted by Gasteiger charge is -2.18. The lowest BCUT2D eigenvalue weighted by atomic mass is 10.0. The number of imide groups is 1. The highest BCUT2D eigenvalue weighted by atomic mass is 16.2. The second-order valence-corrected chi connectivity index (χ2v) is 8.18. The number of nitrogens with one attached hydrogen (secondary N) is 2. The number of nitrogens with zero attached hydrogens (tertiary/aromatic N) is 1. The number of anilines is 3. The van der Waals surface area contributed by atoms with Gasteiger partial charge in [-0.15, -0.1) is 0 Å². The summed E-state index contributed by atoms with van der Waals surface area (Å²) in [6, 6.07) is 20.1. The van der Waals surface area contributed by atoms with Gasteiger partial charge >= 0.3 is 0 Å². The first-order valence-corrected chi connectivity index (χ1v) is 10.7. The predicted molar refractivity (Wildman–Crippen MR) is 131 cm³/mol. The van der Waals surface area contributed by atoms with E-state index in [0.717, 1.165) is 22.4 Å². The molecule has 0 unspecified atom stereocenters. The number of carbonyl (C=O) groups excluding carboxylic acids is 3. The minimum atomic E-state index is -0.406. The molecule has 0 radical (unpaired) electrons. The molecule has 0 aromatic heterocycles. The van der Waals surface area contributed by atoms with Crippen LogP contribution in [0.4, 0.5) is 17.1 Å². The average molecular weight is 440 g/mol. The van der Waals surface area contributed by atoms with Crippen LogP contribution in [0.15, 0.2) is 72.4 Å². The molecule has 0 spiro atoms. The van der Waals surface area contributed by atoms with Crippen LogP contribution in [0.5, 0.6) is 0 Å². The zero-order valence-electron chi connectivity index (χ0n) is 19.0. The number of para-hydroxylation sites is 1. The van der Waals surface area contributed by atoms with E-state index in [1.807, 2.05) is 51.1 Å². The fourth-order valence-electron chi connectivity index (χ4n) is 3.88. The van der Waals surface area contributed by atoms with Gasteiger partial charge in [0.05, 0.1) is 11.3 Å². The molecule has 166 valence electrons. The molecule has 4 rings (SSSR count). The fourth-order valence-corrected chi connectivity index (χ4v) is 3.88. The van der Waals surface area contributed by atoms with Crippen molar-refractivity contribution in [2.75, 3.05) is 15.5 Å². The van der Waals surface area contributed by atoms with Crippen molar-refractivity contribution in [2.24, 2.45) is 0 Å². The Morgan fingerprint density at radius 1 is 0.818 bits per heavy atom. The van der Waals surface area contributed by atoms with Crippen molar-refractivity contribution >= 4 is 40.4 Å². The van der Waals surface area contributed by atoms with Crippen LogP contribution in [-0.4, -0.2) is 17.7 Å². The van der Waals surface area contributed by atoms with E-state index in [0.29, 0.717) is 22.5 Å². The van der Waals surface area contributed by atoms with E-state index in [2.05, 4.69) is 10.6 Å². The SMILES string of the molecule is CC(=O)Nc1ccc(C2=C(Nc3cc(C)ccc3C)C(=O)N(c3ccccc3C)C2=O)cc1. The van der Waals surface area contributed by atoms with E-state index in [9.17, 15) is 14.4 Å². The van der Waals surface area contributed by atoms with Gasteiger partial charge < -0.3 is 10.6 Å². The molecule has 33 heavy (non-hydrogen) atoms. The molecule has 0 saturated carbocycles. The van der Waals surface area contributed by atoms with Gasteiger partial charge in [0, 0.05) is 18.3 Å². The zero-order chi connectivity index (χ0) is 23.7. The van der Waals surface area contributed by atoms with E-state index < -0.39 is 11.8 Å². The molecule has 1 heterocycles. The molecule has 6 nitrogen and oxygen atoms in total. The lowest BCUT2D eigenvalue weighted by molar-refractivity contribution is -0.120. The van der Waals surface area contributed by atoms with Gasteiger partial charge in [0.2, 0.25) is 5.91 Å². The van der Waals surface area contributed by atoms with Gasteiger partial charge in [-0.2, -0.15) is 0 Å². The second kappa shape index (κ2) is 8.74. The summed E-state index contributed by atoms with van der Waals surface area (Å²) in [6.45, 7) is 7.22. The fraction of sp³-hybridized carbons (Fsp3) is 0.148. The van der Waals surface area contributed by atoms with Crippen LogP contribution in [0, 0.1) is 20.8 Å². The third kappa shape index (κ3) is 4.28. The van der Waals surface area contributed by atoms with E-state index in [1.54, 1.807) is 36.4 Å². The molecule has 1 aliphatic rings. The first-order valence-electron chi connectivity index (χ1n) is 10.7. The first-order chi connectivity index (χ1) is 15.8. The second-order valence-electron chi connectivity index (χ2n) is 8.18. The maximum Gasteiger partial charge on any atom is 0.282 e. The lowest BCUT2D eigenvalue weighted by Crippen LogP contribution is -2.33. The number of amides is 3. The van der Waals surface area contributed by atoms with Crippen molar-refractivity contribution in [3.8, 4) is 0 Å². The van der Waals surface area contributed by atoms with Gasteiger partial charge in [-0.3, -0.25) is 14.4 Å². The molecule has 3 amide bonds. The number of rotatable bonds is 5. The summed E-state index contributed by atoms with van der Waals surface area (Å²) >= 11 is 0. The van der Waals surface area contributed by atoms with Crippen LogP contribution in [0.1, 0.15) is 29.2 Å². The molecule has 0 fully saturated rings. The Bertz CT molecular complexity index is 1310. The molecule has 0 saturated heterocycles. The molecular weight excluding hydrogens is 414 g/mol. The van der Waals surface area contributed by atoms with Gasteiger partial charge in [0.1, 0.15) is 5.70 Å². The highest BCUT2D eigenvalue weighted by Gasteiger charge is 2.40. The summed E-state index contributed by atoms with van der Waals surface area (Å²) in [7, 11) is 0. The van der Waals surface area contributed by atoms with Gasteiger partial charge in [-0.05, 0) is 67.3 Å². The summed E-state index contributed by atoms with van der Waals surface area (Å²) in [5.74, 6) is -0.984. The van der Waals surface area contributed by atoms with Crippen LogP contribution in [0.2, 0.25) is 0 Å². The van der Waals surface area contributed by atoms with Gasteiger partial charge in [0.15, 0.2) is 0 Å². The summed E-state index contributed by atoms with van der Waals surface area (Å²) in [4.78, 5) is 39.8. The molecule has 3 aromatic rings. The Morgan fingerprint density at radius 2 is 1.52 bits per heavy atom. The topological polar surface area (TPSA) is 78.5 Å². The molecular formula is C27H25N3O3. The van der Waals surface area contributed by atoms with E-state index in [4.69, 9.17) is 0 Å². The maximum absolute atomic E-state index is 13.6. The van der Waals surface area contributed by atoms with Crippen LogP contribution >= 0.6 is 0 Å². The molecule has 0 bridgehead atoms. The molecule has 3 aromatic carbocycles. The van der Waals surface area contributed by atoms with Gasteiger partial charge in [-0.1, -0.05) is 42.5 Å². The average Bonchev–Trinajstić information content (AvgIpc) is 3.01. The number of hydrogen-bond acceptors (Lipinski definition) is 4. The zero-order valence-corrected chi connectivity index (χ0v) is 19.0. The number of aryl methyl sites for hydroxylation is 3. The predicted octanol–water partition coefficient (Wildman–Crippen LogP) is 4.97. The Morgan fingerprint density at radius 3 is 2.18 bits per heavy atom. The van der Waals surface area contributed by atoms with Crippen LogP contribution in [0.3, 0.4) is 0 Å². The van der Waals surface area contributed by atoms with Crippen molar-refractivity contribution in [1.82, 2.24) is 0 Å². The molecule has 2 N–H and O–H groups in total. The standard InChI is InChI=1S/C27H25N3O3/c1-16-9-10-17(2)22(15-16)29-25-24(20-11-13-21(14-12-20)28-19(4)31)26(32)30(27(25)33)23-8-6-5-7-18(23)3/h5-15,29H,1-4H3,(H,28,31). The summed E-state index contributed by atoms with van der Waals surface area (Å²) in [5, 5.41) is 5.96. The van der Waals surface area contributed by atoms with E-state index >= 15 is 0 Å². The molecule has 0 aliphatic carbocycles. The Labute approximate surface area is 192 Å². The Balaban J connectivity index is 1.83. The smallest absolute Gasteiger partial charge is 0.282 e. The number of carbonyl (C=O) groups is 3. The van der Waals surface area contributed by atoms with Crippen molar-refractivity contribution in [3.63, 3.8) is 0 Å². The Hall–Kier alpha value is -4.19. The maximum atomic E-state index is 13.6. The summed E-state index contributed by atoms with van der Waals surface area (Å²) in [6.07, 6.45) is 0. The minimum Gasteiger partial charge on any atom is -0.350 e. The highest BCUT2D eigenvalue weighted by Crippen LogP contribution is 2.36. The normalized spacial score (nSPS) is 13.5. The molecule has 1 aliphatic heterocycles. The van der Waals surface area contributed by atoms with Crippen LogP contribution < -0.4 is 15.5 Å². The van der Waals surface area contributed by atoms with Gasteiger partial charge in [-0.25, -0.2) is 4.90 Å². The largest absolute Gasteiger partial charge is 0.350 e. The Kier molecular flexibility index (Phi) is 5.84. The minimum absolute atomic E-state index is 0.183. The van der Waals surface area contributed by atoms with Crippen molar-refractivity contribution in [3.05, 3.63) is 94.7 Å².